The Morgan fingerprint density at radius 2 is 1.73 bits per heavy atom. The number of carbonyl (C=O) groups excluding carboxylic acids is 2. The summed E-state index contributed by atoms with van der Waals surface area (Å²) in [4.78, 5) is 28.0. The Labute approximate surface area is 271 Å². The Balaban J connectivity index is 1.71. The number of fused-ring (bicyclic) bond motifs is 1. The summed E-state index contributed by atoms with van der Waals surface area (Å²) >= 11 is 0. The van der Waals surface area contributed by atoms with Gasteiger partial charge in [0.2, 0.25) is 6.10 Å². The number of anilines is 1. The molecule has 0 bridgehead atoms. The molecule has 2 unspecified atom stereocenters. The van der Waals surface area contributed by atoms with Gasteiger partial charge in [-0.1, -0.05) is 39.0 Å². The molecule has 45 heavy (non-hydrogen) atoms. The molecule has 2 aromatic carbocycles. The van der Waals surface area contributed by atoms with Crippen LogP contribution >= 0.6 is 0 Å². The van der Waals surface area contributed by atoms with Gasteiger partial charge in [-0.3, -0.25) is 4.79 Å². The van der Waals surface area contributed by atoms with E-state index in [-0.39, 0.29) is 17.6 Å². The van der Waals surface area contributed by atoms with Crippen molar-refractivity contribution in [3.63, 3.8) is 0 Å². The van der Waals surface area contributed by atoms with Gasteiger partial charge in [0.1, 0.15) is 5.60 Å². The van der Waals surface area contributed by atoms with Gasteiger partial charge >= 0.3 is 5.97 Å². The largest absolute Gasteiger partial charge is 0.490 e. The molecule has 0 aliphatic carbocycles. The number of nitrogens with zero attached hydrogens (tertiary/aromatic N) is 1. The number of benzene rings is 2. The fraction of sp³-hybridized carbons (Fsp3) is 0.600. The highest BCUT2D eigenvalue weighted by atomic mass is 28.4. The predicted molar refractivity (Wildman–Crippen MR) is 183 cm³/mol. The molecule has 0 fully saturated rings. The number of nitrogens with two attached hydrogens (primary N) is 1. The standard InChI is InChI=1S/C35H55N3O6Si/c1-11-41-28-14-12-13-15-29(28)43-30(33(40)44-34(3,4)5)23-37-24(2)20-25-21-26-16-17-38(31(26)27(22-25)32(36)39)18-19-42-45(9,10)35(6,7)8/h12-15,21-22,24,30,37H,11,16-20,23H2,1-10H3,(H2,36,39). The Morgan fingerprint density at radius 1 is 1.07 bits per heavy atom. The lowest BCUT2D eigenvalue weighted by Gasteiger charge is -2.36. The molecule has 10 heteroatoms. The van der Waals surface area contributed by atoms with Crippen LogP contribution in [-0.4, -0.2) is 70.8 Å². The zero-order valence-electron chi connectivity index (χ0n) is 29.0. The zero-order chi connectivity index (χ0) is 33.6. The van der Waals surface area contributed by atoms with Gasteiger partial charge in [0.05, 0.1) is 24.5 Å². The summed E-state index contributed by atoms with van der Waals surface area (Å²) < 4.78 is 24.0. The minimum absolute atomic E-state index is 0.0325. The lowest BCUT2D eigenvalue weighted by Crippen LogP contribution is -2.44. The van der Waals surface area contributed by atoms with Crippen LogP contribution in [0.1, 0.15) is 76.9 Å². The van der Waals surface area contributed by atoms with E-state index in [2.05, 4.69) is 50.1 Å². The summed E-state index contributed by atoms with van der Waals surface area (Å²) in [6, 6.07) is 11.3. The van der Waals surface area contributed by atoms with Gasteiger partial charge in [-0.2, -0.15) is 0 Å². The number of amides is 1. The van der Waals surface area contributed by atoms with Gasteiger partial charge in [-0.15, -0.1) is 0 Å². The Bertz CT molecular complexity index is 1320. The van der Waals surface area contributed by atoms with E-state index in [0.29, 0.717) is 36.7 Å². The average molecular weight is 642 g/mol. The second-order valence-corrected chi connectivity index (χ2v) is 19.2. The number of nitrogens with one attached hydrogen (secondary N) is 1. The number of ether oxygens (including phenoxy) is 3. The lowest BCUT2D eigenvalue weighted by molar-refractivity contribution is -0.163. The van der Waals surface area contributed by atoms with Crippen LogP contribution < -0.4 is 25.4 Å². The van der Waals surface area contributed by atoms with Crippen molar-refractivity contribution in [2.75, 3.05) is 37.7 Å². The average Bonchev–Trinajstić information content (AvgIpc) is 3.32. The van der Waals surface area contributed by atoms with Crippen molar-refractivity contribution in [1.29, 1.82) is 0 Å². The molecule has 1 aliphatic rings. The third-order valence-electron chi connectivity index (χ3n) is 8.39. The van der Waals surface area contributed by atoms with E-state index >= 15 is 0 Å². The first-order valence-corrected chi connectivity index (χ1v) is 19.0. The predicted octanol–water partition coefficient (Wildman–Crippen LogP) is 5.88. The molecule has 2 aromatic rings. The number of hydrogen-bond donors (Lipinski definition) is 2. The first kappa shape index (κ1) is 36.4. The number of esters is 1. The van der Waals surface area contributed by atoms with Gasteiger partial charge in [0.15, 0.2) is 19.8 Å². The van der Waals surface area contributed by atoms with E-state index in [1.807, 2.05) is 58.9 Å². The summed E-state index contributed by atoms with van der Waals surface area (Å²) in [6.07, 6.45) is 0.592. The molecule has 3 N–H and O–H groups in total. The summed E-state index contributed by atoms with van der Waals surface area (Å²) in [7, 11) is -1.86. The van der Waals surface area contributed by atoms with E-state index in [1.54, 1.807) is 6.07 Å². The number of para-hydroxylation sites is 2. The normalized spacial score (nSPS) is 14.9. The highest BCUT2D eigenvalue weighted by Crippen LogP contribution is 2.37. The smallest absolute Gasteiger partial charge is 0.349 e. The van der Waals surface area contributed by atoms with E-state index in [9.17, 15) is 9.59 Å². The summed E-state index contributed by atoms with van der Waals surface area (Å²) in [5.74, 6) is 0.157. The third-order valence-corrected chi connectivity index (χ3v) is 12.9. The van der Waals surface area contributed by atoms with Crippen LogP contribution in [0.3, 0.4) is 0 Å². The molecule has 9 nitrogen and oxygen atoms in total. The quantitative estimate of drug-likeness (QED) is 0.183. The van der Waals surface area contributed by atoms with Gasteiger partial charge in [-0.05, 0) is 94.9 Å². The highest BCUT2D eigenvalue weighted by molar-refractivity contribution is 6.74. The zero-order valence-corrected chi connectivity index (χ0v) is 30.0. The van der Waals surface area contributed by atoms with E-state index in [4.69, 9.17) is 24.4 Å². The molecule has 0 saturated carbocycles. The maximum atomic E-state index is 13.2. The Kier molecular flexibility index (Phi) is 12.1. The van der Waals surface area contributed by atoms with Crippen molar-refractivity contribution in [1.82, 2.24) is 5.32 Å². The maximum Gasteiger partial charge on any atom is 0.349 e. The number of rotatable bonds is 15. The monoisotopic (exact) mass is 641 g/mol. The molecule has 0 radical (unpaired) electrons. The van der Waals surface area contributed by atoms with Crippen molar-refractivity contribution >= 4 is 25.9 Å². The van der Waals surface area contributed by atoms with Crippen molar-refractivity contribution in [2.24, 2.45) is 5.73 Å². The molecule has 1 amide bonds. The molecule has 0 aromatic heterocycles. The second-order valence-electron chi connectivity index (χ2n) is 14.4. The molecular weight excluding hydrogens is 586 g/mol. The van der Waals surface area contributed by atoms with Crippen LogP contribution in [-0.2, 0) is 26.8 Å². The summed E-state index contributed by atoms with van der Waals surface area (Å²) in [5.41, 5.74) is 8.86. The van der Waals surface area contributed by atoms with E-state index in [1.165, 1.54) is 0 Å². The Morgan fingerprint density at radius 3 is 2.33 bits per heavy atom. The van der Waals surface area contributed by atoms with Crippen LogP contribution in [0, 0.1) is 0 Å². The number of primary amides is 1. The van der Waals surface area contributed by atoms with E-state index < -0.39 is 31.9 Å². The van der Waals surface area contributed by atoms with Crippen LogP contribution in [0.4, 0.5) is 5.69 Å². The van der Waals surface area contributed by atoms with E-state index in [0.717, 1.165) is 36.3 Å². The molecule has 1 aliphatic heterocycles. The van der Waals surface area contributed by atoms with Crippen LogP contribution in [0.25, 0.3) is 0 Å². The number of carbonyl (C=O) groups is 2. The SMILES string of the molecule is CCOc1ccccc1OC(CNC(C)Cc1cc2c(c(C(N)=O)c1)N(CCO[Si](C)(C)C(C)(C)C)CC2)C(=O)OC(C)(C)C. The number of hydrogen-bond acceptors (Lipinski definition) is 8. The summed E-state index contributed by atoms with van der Waals surface area (Å²) in [6.45, 7) is 23.5. The van der Waals surface area contributed by atoms with Crippen LogP contribution in [0.5, 0.6) is 11.5 Å². The van der Waals surface area contributed by atoms with Crippen molar-refractivity contribution in [3.05, 3.63) is 53.1 Å². The molecule has 2 atom stereocenters. The molecule has 1 heterocycles. The molecule has 0 saturated heterocycles. The van der Waals surface area contributed by atoms with Crippen molar-refractivity contribution in [3.8, 4) is 11.5 Å². The summed E-state index contributed by atoms with van der Waals surface area (Å²) in [5, 5.41) is 3.58. The van der Waals surface area contributed by atoms with Gasteiger partial charge < -0.3 is 34.6 Å². The maximum absolute atomic E-state index is 13.2. The minimum atomic E-state index is -1.86. The fourth-order valence-electron chi connectivity index (χ4n) is 5.10. The first-order chi connectivity index (χ1) is 20.9. The molecule has 0 spiro atoms. The topological polar surface area (TPSA) is 112 Å². The van der Waals surface area contributed by atoms with Crippen LogP contribution in [0.15, 0.2) is 36.4 Å². The molecule has 250 valence electrons. The second kappa shape index (κ2) is 15.0. The van der Waals surface area contributed by atoms with Crippen molar-refractivity contribution < 1.29 is 28.2 Å². The first-order valence-electron chi connectivity index (χ1n) is 16.1. The molecule has 3 rings (SSSR count). The highest BCUT2D eigenvalue weighted by Gasteiger charge is 2.37. The Hall–Kier alpha value is -3.08. The van der Waals surface area contributed by atoms with Crippen molar-refractivity contribution in [2.45, 2.75) is 104 Å². The van der Waals surface area contributed by atoms with Gasteiger partial charge in [0.25, 0.3) is 5.91 Å². The minimum Gasteiger partial charge on any atom is -0.490 e. The van der Waals surface area contributed by atoms with Gasteiger partial charge in [0, 0.05) is 25.7 Å². The molecular formula is C35H55N3O6Si. The van der Waals surface area contributed by atoms with Gasteiger partial charge in [-0.25, -0.2) is 4.79 Å². The fourth-order valence-corrected chi connectivity index (χ4v) is 6.13. The lowest BCUT2D eigenvalue weighted by atomic mass is 9.98. The van der Waals surface area contributed by atoms with Crippen LogP contribution in [0.2, 0.25) is 18.1 Å². The third kappa shape index (κ3) is 10.2.